The molecule has 1 fully saturated rings. The van der Waals surface area contributed by atoms with Gasteiger partial charge in [-0.15, -0.1) is 0 Å². The van der Waals surface area contributed by atoms with E-state index in [1.54, 1.807) is 4.90 Å². The SMILES string of the molecule is CC(C)(C)C(CCCOC(=O)N1CCC1)NC(=O)N1Cc2ccccc2C1. The highest BCUT2D eigenvalue weighted by molar-refractivity contribution is 5.75. The average Bonchev–Trinajstić information content (AvgIpc) is 2.99. The van der Waals surface area contributed by atoms with E-state index in [-0.39, 0.29) is 23.6 Å². The zero-order valence-corrected chi connectivity index (χ0v) is 16.7. The molecule has 0 radical (unpaired) electrons. The second-order valence-corrected chi connectivity index (χ2v) is 8.59. The monoisotopic (exact) mass is 373 g/mol. The molecule has 0 bridgehead atoms. The molecule has 6 heteroatoms. The lowest BCUT2D eigenvalue weighted by atomic mass is 9.84. The average molecular weight is 373 g/mol. The Balaban J connectivity index is 1.46. The maximum absolute atomic E-state index is 12.8. The maximum Gasteiger partial charge on any atom is 0.409 e. The van der Waals surface area contributed by atoms with Crippen molar-refractivity contribution >= 4 is 12.1 Å². The van der Waals surface area contributed by atoms with Crippen molar-refractivity contribution in [3.8, 4) is 0 Å². The number of benzene rings is 1. The number of likely N-dealkylation sites (tertiary alicyclic amines) is 1. The van der Waals surface area contributed by atoms with Gasteiger partial charge >= 0.3 is 12.1 Å². The topological polar surface area (TPSA) is 61.9 Å². The Morgan fingerprint density at radius 1 is 1.11 bits per heavy atom. The van der Waals surface area contributed by atoms with E-state index in [2.05, 4.69) is 38.2 Å². The van der Waals surface area contributed by atoms with E-state index < -0.39 is 0 Å². The van der Waals surface area contributed by atoms with Gasteiger partial charge in [-0.1, -0.05) is 45.0 Å². The van der Waals surface area contributed by atoms with Gasteiger partial charge in [-0.2, -0.15) is 0 Å². The van der Waals surface area contributed by atoms with Crippen molar-refractivity contribution in [2.24, 2.45) is 5.41 Å². The molecule has 3 amide bonds. The number of fused-ring (bicyclic) bond motifs is 1. The Kier molecular flexibility index (Phi) is 5.92. The number of nitrogens with one attached hydrogen (secondary N) is 1. The van der Waals surface area contributed by atoms with Crippen LogP contribution in [0.5, 0.6) is 0 Å². The highest BCUT2D eigenvalue weighted by Gasteiger charge is 2.30. The van der Waals surface area contributed by atoms with E-state index in [9.17, 15) is 9.59 Å². The summed E-state index contributed by atoms with van der Waals surface area (Å²) in [7, 11) is 0. The number of nitrogens with zero attached hydrogens (tertiary/aromatic N) is 2. The van der Waals surface area contributed by atoms with Gasteiger partial charge in [0.15, 0.2) is 0 Å². The fraction of sp³-hybridized carbons (Fsp3) is 0.619. The standard InChI is InChI=1S/C21H31N3O3/c1-21(2,3)18(10-6-13-27-20(26)23-11-7-12-23)22-19(25)24-14-16-8-4-5-9-17(16)15-24/h4-5,8-9,18H,6-7,10-15H2,1-3H3,(H,22,25). The van der Waals surface area contributed by atoms with E-state index in [0.717, 1.165) is 32.4 Å². The molecule has 148 valence electrons. The zero-order valence-electron chi connectivity index (χ0n) is 16.7. The number of hydrogen-bond donors (Lipinski definition) is 1. The van der Waals surface area contributed by atoms with Gasteiger partial charge in [0.2, 0.25) is 0 Å². The summed E-state index contributed by atoms with van der Waals surface area (Å²) in [6.45, 7) is 9.70. The molecule has 6 nitrogen and oxygen atoms in total. The Morgan fingerprint density at radius 3 is 2.26 bits per heavy atom. The first-order valence-electron chi connectivity index (χ1n) is 9.88. The van der Waals surface area contributed by atoms with Crippen LogP contribution in [-0.4, -0.2) is 47.7 Å². The molecule has 2 aliphatic rings. The summed E-state index contributed by atoms with van der Waals surface area (Å²) in [6.07, 6.45) is 2.37. The molecule has 1 saturated heterocycles. The Hall–Kier alpha value is -2.24. The van der Waals surface area contributed by atoms with E-state index in [1.165, 1.54) is 11.1 Å². The highest BCUT2D eigenvalue weighted by atomic mass is 16.6. The predicted octanol–water partition coefficient (Wildman–Crippen LogP) is 3.75. The lowest BCUT2D eigenvalue weighted by Gasteiger charge is -2.33. The molecular weight excluding hydrogens is 342 g/mol. The van der Waals surface area contributed by atoms with Gasteiger partial charge in [-0.25, -0.2) is 9.59 Å². The normalized spacial score (nSPS) is 17.1. The third kappa shape index (κ3) is 4.93. The lowest BCUT2D eigenvalue weighted by molar-refractivity contribution is 0.0776. The van der Waals surface area contributed by atoms with E-state index in [4.69, 9.17) is 4.74 Å². The number of ether oxygens (including phenoxy) is 1. The van der Waals surface area contributed by atoms with Gasteiger partial charge in [-0.05, 0) is 35.8 Å². The minimum atomic E-state index is -0.215. The van der Waals surface area contributed by atoms with Crippen LogP contribution in [0.15, 0.2) is 24.3 Å². The molecule has 1 atom stereocenters. The minimum Gasteiger partial charge on any atom is -0.449 e. The van der Waals surface area contributed by atoms with Crippen molar-refractivity contribution in [2.75, 3.05) is 19.7 Å². The summed E-state index contributed by atoms with van der Waals surface area (Å²) >= 11 is 0. The maximum atomic E-state index is 12.8. The summed E-state index contributed by atoms with van der Waals surface area (Å²) in [5.41, 5.74) is 2.37. The number of rotatable bonds is 5. The second-order valence-electron chi connectivity index (χ2n) is 8.59. The molecule has 3 rings (SSSR count). The molecular formula is C21H31N3O3. The van der Waals surface area contributed by atoms with Gasteiger partial charge in [0, 0.05) is 32.2 Å². The summed E-state index contributed by atoms with van der Waals surface area (Å²) in [5, 5.41) is 3.20. The van der Waals surface area contributed by atoms with Crippen LogP contribution in [0.3, 0.4) is 0 Å². The quantitative estimate of drug-likeness (QED) is 0.800. The Labute approximate surface area is 161 Å². The van der Waals surface area contributed by atoms with Crippen LogP contribution >= 0.6 is 0 Å². The first-order valence-corrected chi connectivity index (χ1v) is 9.88. The number of amides is 3. The van der Waals surface area contributed by atoms with Crippen molar-refractivity contribution < 1.29 is 14.3 Å². The van der Waals surface area contributed by atoms with Crippen LogP contribution in [0.25, 0.3) is 0 Å². The van der Waals surface area contributed by atoms with Crippen molar-refractivity contribution in [2.45, 2.75) is 59.2 Å². The number of carbonyl (C=O) groups is 2. The van der Waals surface area contributed by atoms with E-state index in [0.29, 0.717) is 19.7 Å². The second kappa shape index (κ2) is 8.19. The fourth-order valence-corrected chi connectivity index (χ4v) is 3.48. The summed E-state index contributed by atoms with van der Waals surface area (Å²) in [6, 6.07) is 8.19. The van der Waals surface area contributed by atoms with Crippen LogP contribution < -0.4 is 5.32 Å². The van der Waals surface area contributed by atoms with Crippen LogP contribution in [0.2, 0.25) is 0 Å². The molecule has 0 spiro atoms. The van der Waals surface area contributed by atoms with E-state index >= 15 is 0 Å². The third-order valence-electron chi connectivity index (χ3n) is 5.45. The molecule has 1 aromatic carbocycles. The molecule has 2 aliphatic heterocycles. The molecule has 0 aliphatic carbocycles. The molecule has 0 aromatic heterocycles. The van der Waals surface area contributed by atoms with Crippen LogP contribution in [0.4, 0.5) is 9.59 Å². The number of carbonyl (C=O) groups excluding carboxylic acids is 2. The van der Waals surface area contributed by atoms with Crippen LogP contribution in [0.1, 0.15) is 51.2 Å². The minimum absolute atomic E-state index is 0.0244. The fourth-order valence-electron chi connectivity index (χ4n) is 3.48. The Morgan fingerprint density at radius 2 is 1.74 bits per heavy atom. The third-order valence-corrected chi connectivity index (χ3v) is 5.45. The molecule has 2 heterocycles. The van der Waals surface area contributed by atoms with E-state index in [1.807, 2.05) is 17.0 Å². The number of hydrogen-bond acceptors (Lipinski definition) is 3. The van der Waals surface area contributed by atoms with Crippen LogP contribution in [0, 0.1) is 5.41 Å². The largest absolute Gasteiger partial charge is 0.449 e. The van der Waals surface area contributed by atoms with Crippen LogP contribution in [-0.2, 0) is 17.8 Å². The molecule has 27 heavy (non-hydrogen) atoms. The van der Waals surface area contributed by atoms with Gasteiger partial charge < -0.3 is 19.9 Å². The van der Waals surface area contributed by atoms with Gasteiger partial charge in [0.25, 0.3) is 0 Å². The molecule has 0 saturated carbocycles. The number of urea groups is 1. The lowest BCUT2D eigenvalue weighted by Crippen LogP contribution is -2.48. The van der Waals surface area contributed by atoms with Gasteiger partial charge in [0.05, 0.1) is 6.61 Å². The zero-order chi connectivity index (χ0) is 19.4. The van der Waals surface area contributed by atoms with Gasteiger partial charge in [-0.3, -0.25) is 0 Å². The molecule has 1 N–H and O–H groups in total. The highest BCUT2D eigenvalue weighted by Crippen LogP contribution is 2.26. The van der Waals surface area contributed by atoms with Crippen molar-refractivity contribution in [3.63, 3.8) is 0 Å². The first kappa shape index (κ1) is 19.5. The summed E-state index contributed by atoms with van der Waals surface area (Å²) in [4.78, 5) is 28.1. The van der Waals surface area contributed by atoms with Gasteiger partial charge in [0.1, 0.15) is 0 Å². The summed E-state index contributed by atoms with van der Waals surface area (Å²) < 4.78 is 5.32. The van der Waals surface area contributed by atoms with Crippen molar-refractivity contribution in [1.29, 1.82) is 0 Å². The summed E-state index contributed by atoms with van der Waals surface area (Å²) in [5.74, 6) is 0. The van der Waals surface area contributed by atoms with Crippen molar-refractivity contribution in [1.82, 2.24) is 15.1 Å². The molecule has 1 aromatic rings. The Bertz CT molecular complexity index is 654. The smallest absolute Gasteiger partial charge is 0.409 e. The first-order chi connectivity index (χ1) is 12.8. The van der Waals surface area contributed by atoms with Crippen molar-refractivity contribution in [3.05, 3.63) is 35.4 Å². The predicted molar refractivity (Wildman–Crippen MR) is 104 cm³/mol. The molecule has 1 unspecified atom stereocenters.